The molecule has 2 aromatic rings. The van der Waals surface area contributed by atoms with Crippen molar-refractivity contribution in [3.63, 3.8) is 0 Å². The Labute approximate surface area is 144 Å². The number of carbonyl (C=O) groups excluding carboxylic acids is 2. The number of amides is 1. The van der Waals surface area contributed by atoms with Gasteiger partial charge in [0.05, 0.1) is 12.0 Å². The highest BCUT2D eigenvalue weighted by Gasteiger charge is 2.19. The van der Waals surface area contributed by atoms with Crippen molar-refractivity contribution in [3.8, 4) is 5.75 Å². The highest BCUT2D eigenvalue weighted by Crippen LogP contribution is 2.23. The van der Waals surface area contributed by atoms with E-state index < -0.39 is 29.6 Å². The first-order valence-corrected chi connectivity index (χ1v) is 8.04. The molecule has 1 amide bonds. The second-order valence-electron chi connectivity index (χ2n) is 5.84. The van der Waals surface area contributed by atoms with Gasteiger partial charge < -0.3 is 24.4 Å². The summed E-state index contributed by atoms with van der Waals surface area (Å²) in [5.74, 6) is -1.55. The average Bonchev–Trinajstić information content (AvgIpc) is 2.53. The molecule has 0 spiro atoms. The summed E-state index contributed by atoms with van der Waals surface area (Å²) in [7, 11) is 0. The summed E-state index contributed by atoms with van der Waals surface area (Å²) in [6.45, 7) is 5.11. The van der Waals surface area contributed by atoms with Gasteiger partial charge in [0.15, 0.2) is 6.10 Å². The summed E-state index contributed by atoms with van der Waals surface area (Å²) in [5.41, 5.74) is 0.665. The maximum atomic E-state index is 12.1. The number of carbonyl (C=O) groups is 2. The molecular formula is C18H20NO6-. The summed E-state index contributed by atoms with van der Waals surface area (Å²) < 4.78 is 10.7. The Kier molecular flexibility index (Phi) is 5.80. The van der Waals surface area contributed by atoms with Crippen LogP contribution >= 0.6 is 0 Å². The Morgan fingerprint density at radius 2 is 2.04 bits per heavy atom. The Hall–Kier alpha value is -2.83. The Morgan fingerprint density at radius 3 is 2.68 bits per heavy atom. The van der Waals surface area contributed by atoms with Crippen molar-refractivity contribution in [3.05, 3.63) is 40.2 Å². The van der Waals surface area contributed by atoms with Gasteiger partial charge in [-0.05, 0) is 38.0 Å². The van der Waals surface area contributed by atoms with Crippen molar-refractivity contribution in [2.45, 2.75) is 45.8 Å². The molecule has 2 rings (SSSR count). The van der Waals surface area contributed by atoms with Crippen LogP contribution < -0.4 is 20.8 Å². The number of aliphatic carboxylic acids is 1. The van der Waals surface area contributed by atoms with Crippen LogP contribution in [-0.2, 0) is 9.59 Å². The van der Waals surface area contributed by atoms with Crippen LogP contribution in [0.1, 0.15) is 32.3 Å². The van der Waals surface area contributed by atoms with Crippen molar-refractivity contribution in [2.24, 2.45) is 0 Å². The van der Waals surface area contributed by atoms with Gasteiger partial charge in [-0.25, -0.2) is 4.79 Å². The number of aryl methyl sites for hydroxylation is 1. The summed E-state index contributed by atoms with van der Waals surface area (Å²) >= 11 is 0. The third kappa shape index (κ3) is 4.59. The predicted octanol–water partition coefficient (Wildman–Crippen LogP) is 0.904. The van der Waals surface area contributed by atoms with Crippen LogP contribution in [0.15, 0.2) is 33.5 Å². The monoisotopic (exact) mass is 346 g/mol. The van der Waals surface area contributed by atoms with E-state index in [4.69, 9.17) is 9.15 Å². The molecule has 0 aliphatic rings. The van der Waals surface area contributed by atoms with Crippen LogP contribution in [0.3, 0.4) is 0 Å². The van der Waals surface area contributed by atoms with E-state index in [1.54, 1.807) is 19.1 Å². The second kappa shape index (κ2) is 7.83. The van der Waals surface area contributed by atoms with Gasteiger partial charge in [-0.15, -0.1) is 0 Å². The molecule has 25 heavy (non-hydrogen) atoms. The van der Waals surface area contributed by atoms with E-state index in [1.165, 1.54) is 19.1 Å². The quantitative estimate of drug-likeness (QED) is 0.746. The van der Waals surface area contributed by atoms with Crippen molar-refractivity contribution in [1.29, 1.82) is 0 Å². The molecule has 2 atom stereocenters. The lowest BCUT2D eigenvalue weighted by molar-refractivity contribution is -0.308. The SMILES string of the molecule is CCC[C@@H](NC(=O)[C@@H](C)Oc1ccc2c(C)cc(=O)oc2c1)C(=O)[O-]. The first-order chi connectivity index (χ1) is 11.8. The zero-order chi connectivity index (χ0) is 18.6. The number of hydrogen-bond acceptors (Lipinski definition) is 6. The summed E-state index contributed by atoms with van der Waals surface area (Å²) in [6, 6.07) is 5.25. The summed E-state index contributed by atoms with van der Waals surface area (Å²) in [6.07, 6.45) is -0.0500. The first kappa shape index (κ1) is 18.5. The lowest BCUT2D eigenvalue weighted by Gasteiger charge is -2.22. The second-order valence-corrected chi connectivity index (χ2v) is 5.84. The normalized spacial score (nSPS) is 13.2. The Balaban J connectivity index is 2.13. The topological polar surface area (TPSA) is 109 Å². The summed E-state index contributed by atoms with van der Waals surface area (Å²) in [5, 5.41) is 14.2. The minimum atomic E-state index is -1.33. The smallest absolute Gasteiger partial charge is 0.336 e. The van der Waals surface area contributed by atoms with Crippen molar-refractivity contribution in [2.75, 3.05) is 0 Å². The fourth-order valence-corrected chi connectivity index (χ4v) is 2.46. The van der Waals surface area contributed by atoms with Gasteiger partial charge in [0.25, 0.3) is 5.91 Å². The third-order valence-corrected chi connectivity index (χ3v) is 3.78. The molecule has 0 aliphatic carbocycles. The first-order valence-electron chi connectivity index (χ1n) is 8.04. The lowest BCUT2D eigenvalue weighted by Crippen LogP contribution is -2.51. The van der Waals surface area contributed by atoms with Gasteiger partial charge >= 0.3 is 5.63 Å². The molecule has 7 nitrogen and oxygen atoms in total. The van der Waals surface area contributed by atoms with Crippen LogP contribution in [0.25, 0.3) is 11.0 Å². The zero-order valence-electron chi connectivity index (χ0n) is 14.3. The molecule has 0 radical (unpaired) electrons. The maximum absolute atomic E-state index is 12.1. The highest BCUT2D eigenvalue weighted by molar-refractivity contribution is 5.86. The van der Waals surface area contributed by atoms with Crippen LogP contribution in [0, 0.1) is 6.92 Å². The number of ether oxygens (including phenoxy) is 1. The van der Waals surface area contributed by atoms with Crippen molar-refractivity contribution < 1.29 is 23.8 Å². The fraction of sp³-hybridized carbons (Fsp3) is 0.389. The van der Waals surface area contributed by atoms with Crippen LogP contribution in [-0.4, -0.2) is 24.0 Å². The number of carboxylic acid groups (broad SMARTS) is 1. The van der Waals surface area contributed by atoms with Crippen LogP contribution in [0.2, 0.25) is 0 Å². The predicted molar refractivity (Wildman–Crippen MR) is 89.2 cm³/mol. The minimum absolute atomic E-state index is 0.279. The molecule has 0 bridgehead atoms. The molecule has 0 unspecified atom stereocenters. The van der Waals surface area contributed by atoms with Crippen molar-refractivity contribution >= 4 is 22.8 Å². The van der Waals surface area contributed by atoms with E-state index in [1.807, 2.05) is 6.92 Å². The molecule has 1 aromatic carbocycles. The molecule has 1 heterocycles. The third-order valence-electron chi connectivity index (χ3n) is 3.78. The van der Waals surface area contributed by atoms with Gasteiger partial charge in [0, 0.05) is 17.5 Å². The number of fused-ring (bicyclic) bond motifs is 1. The molecule has 1 aromatic heterocycles. The zero-order valence-corrected chi connectivity index (χ0v) is 14.3. The lowest BCUT2D eigenvalue weighted by atomic mass is 10.1. The van der Waals surface area contributed by atoms with E-state index in [-0.39, 0.29) is 6.42 Å². The number of nitrogens with one attached hydrogen (secondary N) is 1. The molecule has 0 aliphatic heterocycles. The van der Waals surface area contributed by atoms with Crippen LogP contribution in [0.5, 0.6) is 5.75 Å². The Bertz CT molecular complexity index is 841. The fourth-order valence-electron chi connectivity index (χ4n) is 2.46. The van der Waals surface area contributed by atoms with Gasteiger partial charge in [-0.3, -0.25) is 4.79 Å². The molecule has 134 valence electrons. The average molecular weight is 346 g/mol. The van der Waals surface area contributed by atoms with E-state index in [0.717, 1.165) is 10.9 Å². The van der Waals surface area contributed by atoms with Crippen LogP contribution in [0.4, 0.5) is 0 Å². The minimum Gasteiger partial charge on any atom is -0.548 e. The number of benzene rings is 1. The molecule has 7 heteroatoms. The van der Waals surface area contributed by atoms with E-state index in [0.29, 0.717) is 17.8 Å². The van der Waals surface area contributed by atoms with E-state index in [2.05, 4.69) is 5.32 Å². The van der Waals surface area contributed by atoms with Gasteiger partial charge in [0.1, 0.15) is 11.3 Å². The molecular weight excluding hydrogens is 326 g/mol. The van der Waals surface area contributed by atoms with E-state index >= 15 is 0 Å². The molecule has 0 saturated carbocycles. The number of carboxylic acids is 1. The largest absolute Gasteiger partial charge is 0.548 e. The van der Waals surface area contributed by atoms with Gasteiger partial charge in [-0.1, -0.05) is 13.3 Å². The molecule has 1 N–H and O–H groups in total. The standard InChI is InChI=1S/C18H21NO6/c1-4-5-14(18(22)23)19-17(21)11(3)24-12-6-7-13-10(2)8-16(20)25-15(13)9-12/h6-9,11,14H,4-5H2,1-3H3,(H,19,21)(H,22,23)/p-1/t11-,14-/m1/s1. The number of hydrogen-bond donors (Lipinski definition) is 1. The Morgan fingerprint density at radius 1 is 1.32 bits per heavy atom. The van der Waals surface area contributed by atoms with Crippen molar-refractivity contribution in [1.82, 2.24) is 5.32 Å². The highest BCUT2D eigenvalue weighted by atomic mass is 16.5. The summed E-state index contributed by atoms with van der Waals surface area (Å²) in [4.78, 5) is 34.6. The van der Waals surface area contributed by atoms with Gasteiger partial charge in [-0.2, -0.15) is 0 Å². The maximum Gasteiger partial charge on any atom is 0.336 e. The molecule has 0 fully saturated rings. The molecule has 0 saturated heterocycles. The van der Waals surface area contributed by atoms with E-state index in [9.17, 15) is 19.5 Å². The van der Waals surface area contributed by atoms with Gasteiger partial charge in [0.2, 0.25) is 0 Å². The number of rotatable bonds is 7.